The molecule has 0 saturated carbocycles. The van der Waals surface area contributed by atoms with Gasteiger partial charge >= 0.3 is 94.6 Å². The molecule has 3 atom stereocenters. The van der Waals surface area contributed by atoms with Gasteiger partial charge in [0.05, 0.1) is 24.5 Å². The number of nitrogens with one attached hydrogen (secondary N) is 1. The Labute approximate surface area is 453 Å². The van der Waals surface area contributed by atoms with Gasteiger partial charge in [0.25, 0.3) is 0 Å². The Morgan fingerprint density at radius 3 is 1.85 bits per heavy atom. The van der Waals surface area contributed by atoms with Crippen molar-refractivity contribution in [3.63, 3.8) is 0 Å². The fraction of sp³-hybridized carbons (Fsp3) is 0.375. The Morgan fingerprint density at radius 1 is 0.727 bits per heavy atom. The second-order valence-corrected chi connectivity index (χ2v) is 15.4. The maximum atomic E-state index is 12.8. The topological polar surface area (TPSA) is 240 Å². The molecule has 0 spiro atoms. The molecule has 336 valence electrons. The molecule has 0 aliphatic carbocycles. The van der Waals surface area contributed by atoms with E-state index in [0.717, 1.165) is 51.8 Å². The summed E-state index contributed by atoms with van der Waals surface area (Å²) in [5, 5.41) is 40.3. The largest absolute Gasteiger partial charge is 1.00 e. The average molecular weight is 931 g/mol. The van der Waals surface area contributed by atoms with E-state index in [0.29, 0.717) is 31.7 Å². The minimum atomic E-state index is -1.27. The molecule has 0 bridgehead atoms. The Kier molecular flexibility index (Phi) is 31.0. The fourth-order valence-electron chi connectivity index (χ4n) is 7.01. The number of nitrogens with zero attached hydrogens (tertiary/aromatic N) is 5. The van der Waals surface area contributed by atoms with Crippen LogP contribution in [-0.4, -0.2) is 74.3 Å². The minimum absolute atomic E-state index is 0. The van der Waals surface area contributed by atoms with Crippen LogP contribution in [0.3, 0.4) is 0 Å². The van der Waals surface area contributed by atoms with Crippen molar-refractivity contribution in [3.8, 4) is 33.6 Å². The molecule has 0 radical (unpaired) electrons. The molecule has 3 N–H and O–H groups in total. The zero-order chi connectivity index (χ0) is 45.0. The van der Waals surface area contributed by atoms with Crippen molar-refractivity contribution < 1.29 is 133 Å². The molecule has 0 unspecified atom stereocenters. The van der Waals surface area contributed by atoms with Gasteiger partial charge in [-0.05, 0) is 77.5 Å². The van der Waals surface area contributed by atoms with Crippen LogP contribution in [0.25, 0.3) is 33.6 Å². The molecule has 66 heavy (non-hydrogen) atoms. The summed E-state index contributed by atoms with van der Waals surface area (Å²) in [5.41, 5.74) is 6.75. The molecule has 5 aromatic rings. The third kappa shape index (κ3) is 20.2. The van der Waals surface area contributed by atoms with Crippen LogP contribution >= 0.6 is 0 Å². The van der Waals surface area contributed by atoms with Gasteiger partial charge < -0.3 is 45.3 Å². The summed E-state index contributed by atoms with van der Waals surface area (Å²) in [5.74, 6) is -3.55. The molecule has 1 heterocycles. The van der Waals surface area contributed by atoms with Crippen molar-refractivity contribution in [2.75, 3.05) is 6.61 Å². The number of carbonyl (C=O) groups is 5. The Morgan fingerprint density at radius 2 is 1.30 bits per heavy atom. The average Bonchev–Trinajstić information content (AvgIpc) is 3.81. The van der Waals surface area contributed by atoms with Crippen LogP contribution in [-0.2, 0) is 41.7 Å². The number of esters is 1. The number of carbonyl (C=O) groups excluding carboxylic acids is 5. The maximum absolute atomic E-state index is 12.8. The fourth-order valence-corrected chi connectivity index (χ4v) is 7.01. The monoisotopic (exact) mass is 930 g/mol. The van der Waals surface area contributed by atoms with Crippen LogP contribution in [0.2, 0.25) is 0 Å². The van der Waals surface area contributed by atoms with Crippen LogP contribution in [0, 0.1) is 11.8 Å². The van der Waals surface area contributed by atoms with Gasteiger partial charge in [0.15, 0.2) is 0 Å². The van der Waals surface area contributed by atoms with Crippen molar-refractivity contribution in [1.82, 2.24) is 30.8 Å². The molecular weight excluding hydrogens is 874 g/mol. The summed E-state index contributed by atoms with van der Waals surface area (Å²) in [7, 11) is 0. The number of amides is 2. The smallest absolute Gasteiger partial charge is 0.550 e. The number of ether oxygens (including phenoxy) is 1. The van der Waals surface area contributed by atoms with Gasteiger partial charge in [0.1, 0.15) is 0 Å². The van der Waals surface area contributed by atoms with Gasteiger partial charge in [-0.1, -0.05) is 137 Å². The molecule has 0 fully saturated rings. The van der Waals surface area contributed by atoms with Crippen molar-refractivity contribution in [3.05, 3.63) is 114 Å². The zero-order valence-electron chi connectivity index (χ0n) is 39.5. The number of aliphatic carboxylic acids is 2. The van der Waals surface area contributed by atoms with E-state index in [2.05, 4.69) is 25.9 Å². The van der Waals surface area contributed by atoms with Crippen LogP contribution in [0.4, 0.5) is 0 Å². The molecule has 15 nitrogen and oxygen atoms in total. The number of carboxylic acids is 2. The predicted molar refractivity (Wildman–Crippen MR) is 234 cm³/mol. The van der Waals surface area contributed by atoms with Crippen LogP contribution in [0.1, 0.15) is 84.3 Å². The number of hydrogen-bond donors (Lipinski definition) is 1. The third-order valence-corrected chi connectivity index (χ3v) is 10.2. The standard InChI is InChI=1S/C24H29N5O3.C24H29NO5.3Na.H2O/c1-4-5-10-21(30)29(22(16(2)3)24(31)32)15-17-11-13-18(14-12-17)19-8-6-7-9-20(19)23-25-27-28-26-23;1-3-30-24(29)17(2)15-21(25-22(26)13-14-23(27)28)16-18-9-11-20(12-10-18)19-7-5-4-6-8-19;;;;/h6-9,11-14,16,22H,4-5,10,15H2,1-3H3,(H2,25,26,27,28,31,32);4-12,17,21H,3,13-16H2,1-2H3,(H,25,26)(H,27,28);;;;1H2/q;;3*+1;/p-3/t22-;17-,21+;;;;/m01..../s1. The third-order valence-electron chi connectivity index (χ3n) is 10.2. The molecule has 5 rings (SSSR count). The number of rotatable bonds is 21. The van der Waals surface area contributed by atoms with Gasteiger partial charge in [-0.25, -0.2) is 0 Å². The second kappa shape index (κ2) is 32.9. The number of tetrazole rings is 1. The zero-order valence-corrected chi connectivity index (χ0v) is 45.5. The van der Waals surface area contributed by atoms with Gasteiger partial charge in [0, 0.05) is 37.2 Å². The first kappa shape index (κ1) is 62.3. The summed E-state index contributed by atoms with van der Waals surface area (Å²) in [6.45, 7) is 9.59. The van der Waals surface area contributed by atoms with Gasteiger partial charge in [-0.15, -0.1) is 0 Å². The number of carboxylic acid groups (broad SMARTS) is 2. The first-order chi connectivity index (χ1) is 29.8. The normalized spacial score (nSPS) is 11.5. The number of unbranched alkanes of at least 4 members (excludes halogenated alkanes) is 1. The van der Waals surface area contributed by atoms with Crippen LogP contribution in [0.5, 0.6) is 0 Å². The summed E-state index contributed by atoms with van der Waals surface area (Å²) in [6.07, 6.45) is 2.34. The van der Waals surface area contributed by atoms with Crippen molar-refractivity contribution in [2.24, 2.45) is 11.8 Å². The Bertz CT molecular complexity index is 2200. The van der Waals surface area contributed by atoms with E-state index in [1.165, 1.54) is 4.90 Å². The number of aromatic nitrogens is 4. The summed E-state index contributed by atoms with van der Waals surface area (Å²) in [4.78, 5) is 60.9. The predicted octanol–water partition coefficient (Wildman–Crippen LogP) is -4.86. The van der Waals surface area contributed by atoms with E-state index in [1.807, 2.05) is 110 Å². The van der Waals surface area contributed by atoms with E-state index in [4.69, 9.17) is 4.74 Å². The molecular formula is C48H57N6Na3O9. The van der Waals surface area contributed by atoms with E-state index >= 15 is 0 Å². The molecule has 1 aromatic heterocycles. The Balaban J connectivity index is 0.00000121. The van der Waals surface area contributed by atoms with Gasteiger partial charge in [-0.2, -0.15) is 5.21 Å². The first-order valence-electron chi connectivity index (χ1n) is 21.0. The molecule has 0 aliphatic rings. The van der Waals surface area contributed by atoms with E-state index in [-0.39, 0.29) is 149 Å². The van der Waals surface area contributed by atoms with Gasteiger partial charge in [0.2, 0.25) is 11.8 Å². The van der Waals surface area contributed by atoms with E-state index in [1.54, 1.807) is 27.7 Å². The second-order valence-electron chi connectivity index (χ2n) is 15.4. The molecule has 2 amide bonds. The SMILES string of the molecule is CCCCC(=O)N(Cc1ccc(-c2ccccc2-c2nnn[n-]2)cc1)[C@H](C(=O)[O-])C(C)C.CCOC(=O)[C@H](C)C[C@@H](Cc1ccc(-c2ccccc2)cc1)NC(=O)CCC(=O)[O-].O.[Na+].[Na+].[Na+]. The Hall–Kier alpha value is -3.74. The maximum Gasteiger partial charge on any atom is 1.00 e. The molecule has 0 saturated heterocycles. The quantitative estimate of drug-likeness (QED) is 0.0539. The molecule has 4 aromatic carbocycles. The number of hydrogen-bond acceptors (Lipinski definition) is 11. The number of benzene rings is 4. The summed E-state index contributed by atoms with van der Waals surface area (Å²) >= 11 is 0. The van der Waals surface area contributed by atoms with Crippen molar-refractivity contribution >= 4 is 29.7 Å². The van der Waals surface area contributed by atoms with Gasteiger partial charge in [-0.3, -0.25) is 24.7 Å². The van der Waals surface area contributed by atoms with E-state index in [9.17, 15) is 34.2 Å². The van der Waals surface area contributed by atoms with Crippen LogP contribution < -0.4 is 109 Å². The van der Waals surface area contributed by atoms with Crippen LogP contribution in [0.15, 0.2) is 103 Å². The minimum Gasteiger partial charge on any atom is -0.550 e. The molecule has 0 aliphatic heterocycles. The van der Waals surface area contributed by atoms with Crippen molar-refractivity contribution in [1.29, 1.82) is 0 Å². The first-order valence-corrected chi connectivity index (χ1v) is 21.0. The van der Waals surface area contributed by atoms with E-state index < -0.39 is 18.0 Å². The molecule has 18 heteroatoms. The summed E-state index contributed by atoms with van der Waals surface area (Å²) < 4.78 is 5.07. The van der Waals surface area contributed by atoms with Crippen molar-refractivity contribution in [2.45, 2.75) is 98.2 Å². The summed E-state index contributed by atoms with van der Waals surface area (Å²) in [6, 6.07) is 32.1.